The van der Waals surface area contributed by atoms with Crippen LogP contribution in [0.15, 0.2) is 84.9 Å². The average Bonchev–Trinajstić information content (AvgIpc) is 3.45. The van der Waals surface area contributed by atoms with Gasteiger partial charge in [-0.2, -0.15) is 0 Å². The Morgan fingerprint density at radius 2 is 0.805 bits per heavy atom. The van der Waals surface area contributed by atoms with Gasteiger partial charge in [0.05, 0.1) is 0 Å². The Balaban J connectivity index is 1.27. The fourth-order valence-electron chi connectivity index (χ4n) is 7.05. The van der Waals surface area contributed by atoms with Crippen LogP contribution < -0.4 is 30.5 Å². The molecule has 0 unspecified atom stereocenters. The second kappa shape index (κ2) is 9.05. The molecule has 0 radical (unpaired) electrons. The van der Waals surface area contributed by atoms with Crippen LogP contribution in [-0.2, 0) is 0 Å². The van der Waals surface area contributed by atoms with E-state index in [1.165, 1.54) is 65.1 Å². The van der Waals surface area contributed by atoms with Crippen LogP contribution in [0.1, 0.15) is 11.1 Å². The van der Waals surface area contributed by atoms with Crippen molar-refractivity contribution in [2.24, 2.45) is 0 Å². The first-order valence-electron chi connectivity index (χ1n) is 14.6. The van der Waals surface area contributed by atoms with E-state index >= 15 is 0 Å². The molecule has 206 valence electrons. The van der Waals surface area contributed by atoms with E-state index < -0.39 is 16.1 Å². The summed E-state index contributed by atoms with van der Waals surface area (Å²) in [6, 6.07) is 33.0. The smallest absolute Gasteiger partial charge is 0.117 e. The molecule has 0 spiro atoms. The van der Waals surface area contributed by atoms with Gasteiger partial charge in [-0.1, -0.05) is 85.8 Å². The van der Waals surface area contributed by atoms with E-state index in [1.54, 1.807) is 10.4 Å². The van der Waals surface area contributed by atoms with Crippen LogP contribution in [0, 0.1) is 13.8 Å². The molecule has 0 saturated carbocycles. The molecule has 5 heteroatoms. The summed E-state index contributed by atoms with van der Waals surface area (Å²) < 4.78 is 0. The van der Waals surface area contributed by atoms with Crippen molar-refractivity contribution in [3.05, 3.63) is 96.1 Å². The van der Waals surface area contributed by atoms with Crippen molar-refractivity contribution < 1.29 is 0 Å². The van der Waals surface area contributed by atoms with Crippen molar-refractivity contribution in [1.29, 1.82) is 0 Å². The predicted molar refractivity (Wildman–Crippen MR) is 187 cm³/mol. The summed E-state index contributed by atoms with van der Waals surface area (Å²) in [5, 5.41) is 6.14. The number of fused-ring (bicyclic) bond motifs is 4. The summed E-state index contributed by atoms with van der Waals surface area (Å²) in [4.78, 5) is 7.47. The Hall–Kier alpha value is -3.39. The van der Waals surface area contributed by atoms with Gasteiger partial charge >= 0.3 is 0 Å². The summed E-state index contributed by atoms with van der Waals surface area (Å²) in [7, 11) is 0.768. The second-order valence-corrected chi connectivity index (χ2v) is 22.8. The van der Waals surface area contributed by atoms with Crippen LogP contribution in [0.3, 0.4) is 0 Å². The lowest BCUT2D eigenvalue weighted by molar-refractivity contribution is 1.21. The van der Waals surface area contributed by atoms with E-state index in [-0.39, 0.29) is 0 Å². The van der Waals surface area contributed by atoms with Crippen LogP contribution in [-0.4, -0.2) is 30.2 Å². The van der Waals surface area contributed by atoms with E-state index in [4.69, 9.17) is 0 Å². The lowest BCUT2D eigenvalue weighted by atomic mass is 10.1. The summed E-state index contributed by atoms with van der Waals surface area (Å²) >= 11 is 1.92. The lowest BCUT2D eigenvalue weighted by Gasteiger charge is -2.39. The van der Waals surface area contributed by atoms with Gasteiger partial charge in [0.25, 0.3) is 0 Å². The first-order chi connectivity index (χ1) is 19.5. The molecule has 1 aromatic heterocycles. The van der Waals surface area contributed by atoms with Gasteiger partial charge in [0.15, 0.2) is 0 Å². The minimum atomic E-state index is -1.84. The molecule has 0 fully saturated rings. The van der Waals surface area contributed by atoms with Crippen LogP contribution >= 0.6 is 11.3 Å². The van der Waals surface area contributed by atoms with E-state index in [9.17, 15) is 0 Å². The SMILES string of the molecule is Cc1ccc2c(c1)[Si](C)(C)c1cc(-c3ccc(-c4ccc5c(c4)[Si](C)(C)c4cc(C)ccc4N5C)s3)ccc1N2C. The average molecular weight is 587 g/mol. The van der Waals surface area contributed by atoms with Gasteiger partial charge in [0, 0.05) is 46.6 Å². The molecule has 41 heavy (non-hydrogen) atoms. The number of benzene rings is 4. The van der Waals surface area contributed by atoms with Crippen molar-refractivity contribution in [3.8, 4) is 20.9 Å². The van der Waals surface area contributed by atoms with Gasteiger partial charge in [-0.3, -0.25) is 0 Å². The highest BCUT2D eigenvalue weighted by Crippen LogP contribution is 2.39. The van der Waals surface area contributed by atoms with E-state index in [1.807, 2.05) is 11.3 Å². The minimum absolute atomic E-state index is 1.34. The summed E-state index contributed by atoms with van der Waals surface area (Å²) in [5.41, 5.74) is 10.8. The Bertz CT molecular complexity index is 1730. The van der Waals surface area contributed by atoms with Crippen molar-refractivity contribution >= 4 is 71.0 Å². The quantitative estimate of drug-likeness (QED) is 0.198. The van der Waals surface area contributed by atoms with E-state index in [2.05, 4.69) is 149 Å². The maximum Gasteiger partial charge on any atom is 0.117 e. The zero-order valence-corrected chi connectivity index (χ0v) is 28.2. The predicted octanol–water partition coefficient (Wildman–Crippen LogP) is 7.51. The Morgan fingerprint density at radius 3 is 1.20 bits per heavy atom. The lowest BCUT2D eigenvalue weighted by Crippen LogP contribution is -2.58. The van der Waals surface area contributed by atoms with E-state index in [0.29, 0.717) is 0 Å². The molecular weight excluding hydrogens is 549 g/mol. The number of rotatable bonds is 2. The number of hydrogen-bond donors (Lipinski definition) is 0. The highest BCUT2D eigenvalue weighted by atomic mass is 32.1. The fourth-order valence-corrected chi connectivity index (χ4v) is 14.4. The maximum atomic E-state index is 2.51. The normalized spacial score (nSPS) is 16.1. The van der Waals surface area contributed by atoms with Gasteiger partial charge in [0.2, 0.25) is 0 Å². The van der Waals surface area contributed by atoms with Crippen LogP contribution in [0.4, 0.5) is 22.7 Å². The molecular formula is C36H38N2SSi2. The summed E-state index contributed by atoms with van der Waals surface area (Å²) in [5.74, 6) is 0. The highest BCUT2D eigenvalue weighted by Gasteiger charge is 2.38. The first-order valence-corrected chi connectivity index (χ1v) is 21.4. The number of thiophene rings is 1. The van der Waals surface area contributed by atoms with Crippen molar-refractivity contribution in [2.45, 2.75) is 40.0 Å². The number of hydrogen-bond acceptors (Lipinski definition) is 3. The number of anilines is 4. The standard InChI is InChI=1S/C36H38N2SSi2/c1-23-9-13-27-33(19-23)40(5,6)35-21-25(11-15-29(35)37(27)3)31-17-18-32(39-31)26-12-16-30-36(22-26)41(7,8)34-20-24(2)10-14-28(34)38(30)4/h9-22H,1-8H3. The van der Waals surface area contributed by atoms with Crippen LogP contribution in [0.5, 0.6) is 0 Å². The molecule has 0 bridgehead atoms. The summed E-state index contributed by atoms with van der Waals surface area (Å²) in [6.45, 7) is 14.5. The van der Waals surface area contributed by atoms with Crippen LogP contribution in [0.25, 0.3) is 20.9 Å². The summed E-state index contributed by atoms with van der Waals surface area (Å²) in [6.07, 6.45) is 0. The van der Waals surface area contributed by atoms with Crippen molar-refractivity contribution in [1.82, 2.24) is 0 Å². The zero-order chi connectivity index (χ0) is 28.8. The molecule has 7 rings (SSSR count). The molecule has 0 aliphatic carbocycles. The number of aryl methyl sites for hydroxylation is 2. The van der Waals surface area contributed by atoms with Gasteiger partial charge in [-0.25, -0.2) is 0 Å². The second-order valence-electron chi connectivity index (χ2n) is 13.0. The van der Waals surface area contributed by atoms with E-state index in [0.717, 1.165) is 0 Å². The number of nitrogens with zero attached hydrogens (tertiary/aromatic N) is 2. The Kier molecular flexibility index (Phi) is 5.85. The molecule has 2 aliphatic heterocycles. The fraction of sp³-hybridized carbons (Fsp3) is 0.222. The zero-order valence-electron chi connectivity index (χ0n) is 25.4. The third-order valence-corrected chi connectivity index (χ3v) is 17.8. The molecule has 5 aromatic rings. The first kappa shape index (κ1) is 26.5. The van der Waals surface area contributed by atoms with Gasteiger partial charge in [-0.05, 0) is 82.1 Å². The Morgan fingerprint density at radius 1 is 0.463 bits per heavy atom. The third kappa shape index (κ3) is 3.93. The van der Waals surface area contributed by atoms with Gasteiger partial charge in [-0.15, -0.1) is 11.3 Å². The Labute approximate surface area is 250 Å². The molecule has 2 nitrogen and oxygen atoms in total. The van der Waals surface area contributed by atoms with Crippen molar-refractivity contribution in [2.75, 3.05) is 23.9 Å². The highest BCUT2D eigenvalue weighted by molar-refractivity contribution is 7.19. The molecule has 0 amide bonds. The third-order valence-electron chi connectivity index (χ3n) is 9.61. The van der Waals surface area contributed by atoms with Crippen molar-refractivity contribution in [3.63, 3.8) is 0 Å². The van der Waals surface area contributed by atoms with Gasteiger partial charge < -0.3 is 9.80 Å². The molecule has 0 atom stereocenters. The molecule has 3 heterocycles. The molecule has 4 aromatic carbocycles. The van der Waals surface area contributed by atoms with Gasteiger partial charge in [0.1, 0.15) is 16.1 Å². The maximum absolute atomic E-state index is 2.51. The largest absolute Gasteiger partial charge is 0.345 e. The monoisotopic (exact) mass is 586 g/mol. The topological polar surface area (TPSA) is 6.48 Å². The molecule has 0 saturated heterocycles. The molecule has 2 aliphatic rings. The molecule has 0 N–H and O–H groups in total. The van der Waals surface area contributed by atoms with Crippen LogP contribution in [0.2, 0.25) is 26.2 Å². The minimum Gasteiger partial charge on any atom is -0.345 e.